The SMILES string of the molecule is CC1=C(C)CC2C(=O)N(c3ccc(S(=O)(=O)N(C)C)cc3)C(=O)C2C1. The molecule has 2 amide bonds. The van der Waals surface area contributed by atoms with Crippen LogP contribution in [0.15, 0.2) is 40.3 Å². The summed E-state index contributed by atoms with van der Waals surface area (Å²) in [5.41, 5.74) is 2.78. The van der Waals surface area contributed by atoms with E-state index in [9.17, 15) is 18.0 Å². The highest BCUT2D eigenvalue weighted by atomic mass is 32.2. The van der Waals surface area contributed by atoms with E-state index in [1.165, 1.54) is 54.4 Å². The topological polar surface area (TPSA) is 74.8 Å². The van der Waals surface area contributed by atoms with Crippen molar-refractivity contribution >= 4 is 27.5 Å². The first-order chi connectivity index (χ1) is 11.6. The molecule has 0 aromatic heterocycles. The van der Waals surface area contributed by atoms with E-state index in [0.717, 1.165) is 4.31 Å². The Hall–Kier alpha value is -1.99. The Kier molecular flexibility index (Phi) is 4.33. The van der Waals surface area contributed by atoms with Crippen LogP contribution in [0.2, 0.25) is 0 Å². The first-order valence-corrected chi connectivity index (χ1v) is 9.64. The molecule has 0 radical (unpaired) electrons. The van der Waals surface area contributed by atoms with Gasteiger partial charge in [-0.05, 0) is 51.0 Å². The van der Waals surface area contributed by atoms with Gasteiger partial charge in [0.2, 0.25) is 21.8 Å². The Bertz CT molecular complexity index is 837. The normalized spacial score (nSPS) is 24.3. The lowest BCUT2D eigenvalue weighted by Crippen LogP contribution is -2.31. The second-order valence-electron chi connectivity index (χ2n) is 6.98. The Morgan fingerprint density at radius 1 is 0.920 bits per heavy atom. The van der Waals surface area contributed by atoms with Gasteiger partial charge in [-0.25, -0.2) is 12.7 Å². The molecule has 0 N–H and O–H groups in total. The van der Waals surface area contributed by atoms with E-state index in [2.05, 4.69) is 0 Å². The third-order valence-corrected chi connectivity index (χ3v) is 7.04. The summed E-state index contributed by atoms with van der Waals surface area (Å²) in [6.45, 7) is 4.01. The van der Waals surface area contributed by atoms with E-state index in [-0.39, 0.29) is 28.5 Å². The first-order valence-electron chi connectivity index (χ1n) is 8.20. The Labute approximate surface area is 148 Å². The third kappa shape index (κ3) is 2.81. The summed E-state index contributed by atoms with van der Waals surface area (Å²) in [4.78, 5) is 26.8. The van der Waals surface area contributed by atoms with Crippen LogP contribution in [0.3, 0.4) is 0 Å². The highest BCUT2D eigenvalue weighted by Gasteiger charge is 2.49. The van der Waals surface area contributed by atoms with Crippen LogP contribution in [0.5, 0.6) is 0 Å². The van der Waals surface area contributed by atoms with Gasteiger partial charge < -0.3 is 0 Å². The molecule has 134 valence electrons. The maximum Gasteiger partial charge on any atom is 0.242 e. The van der Waals surface area contributed by atoms with Crippen molar-refractivity contribution < 1.29 is 18.0 Å². The number of benzene rings is 1. The van der Waals surface area contributed by atoms with Gasteiger partial charge in [-0.3, -0.25) is 14.5 Å². The van der Waals surface area contributed by atoms with Crippen LogP contribution in [0, 0.1) is 11.8 Å². The lowest BCUT2D eigenvalue weighted by Gasteiger charge is -2.23. The number of carbonyl (C=O) groups is 2. The van der Waals surface area contributed by atoms with Crippen molar-refractivity contribution in [1.29, 1.82) is 0 Å². The van der Waals surface area contributed by atoms with E-state index in [4.69, 9.17) is 0 Å². The summed E-state index contributed by atoms with van der Waals surface area (Å²) in [7, 11) is -0.626. The van der Waals surface area contributed by atoms with Crippen LogP contribution >= 0.6 is 0 Å². The number of imide groups is 1. The fourth-order valence-electron chi connectivity index (χ4n) is 3.48. The minimum atomic E-state index is -3.54. The molecule has 3 rings (SSSR count). The lowest BCUT2D eigenvalue weighted by atomic mass is 9.78. The molecule has 1 aliphatic carbocycles. The number of fused-ring (bicyclic) bond motifs is 1. The number of carbonyl (C=O) groups excluding carboxylic acids is 2. The Morgan fingerprint density at radius 2 is 1.36 bits per heavy atom. The van der Waals surface area contributed by atoms with E-state index in [1.54, 1.807) is 0 Å². The minimum absolute atomic E-state index is 0.131. The van der Waals surface area contributed by atoms with Crippen LogP contribution < -0.4 is 4.90 Å². The van der Waals surface area contributed by atoms with Gasteiger partial charge in [0.25, 0.3) is 0 Å². The van der Waals surface area contributed by atoms with E-state index < -0.39 is 10.0 Å². The summed E-state index contributed by atoms with van der Waals surface area (Å²) in [6.07, 6.45) is 1.23. The largest absolute Gasteiger partial charge is 0.274 e. The van der Waals surface area contributed by atoms with Crippen molar-refractivity contribution in [1.82, 2.24) is 4.31 Å². The Morgan fingerprint density at radius 3 is 1.76 bits per heavy atom. The molecule has 1 aromatic carbocycles. The minimum Gasteiger partial charge on any atom is -0.274 e. The number of sulfonamides is 1. The molecule has 1 heterocycles. The molecule has 2 unspecified atom stereocenters. The number of nitrogens with zero attached hydrogens (tertiary/aromatic N) is 2. The molecule has 25 heavy (non-hydrogen) atoms. The summed E-state index contributed by atoms with van der Waals surface area (Å²) in [5, 5.41) is 0. The Balaban J connectivity index is 1.91. The molecule has 7 heteroatoms. The molecular weight excluding hydrogens is 340 g/mol. The molecule has 0 spiro atoms. The zero-order chi connectivity index (χ0) is 18.5. The molecule has 1 aliphatic heterocycles. The van der Waals surface area contributed by atoms with Gasteiger partial charge in [0, 0.05) is 14.1 Å². The van der Waals surface area contributed by atoms with Crippen molar-refractivity contribution in [2.45, 2.75) is 31.6 Å². The number of allylic oxidation sites excluding steroid dienone is 2. The first kappa shape index (κ1) is 17.8. The molecule has 0 bridgehead atoms. The molecule has 0 saturated carbocycles. The number of anilines is 1. The maximum atomic E-state index is 12.7. The molecule has 1 fully saturated rings. The zero-order valence-electron chi connectivity index (χ0n) is 14.8. The molecule has 2 atom stereocenters. The maximum absolute atomic E-state index is 12.7. The monoisotopic (exact) mass is 362 g/mol. The molecule has 2 aliphatic rings. The van der Waals surface area contributed by atoms with Gasteiger partial charge >= 0.3 is 0 Å². The van der Waals surface area contributed by atoms with Crippen molar-refractivity contribution in [3.8, 4) is 0 Å². The lowest BCUT2D eigenvalue weighted by molar-refractivity contribution is -0.122. The zero-order valence-corrected chi connectivity index (χ0v) is 15.6. The molecule has 1 aromatic rings. The van der Waals surface area contributed by atoms with Crippen LogP contribution in [0.1, 0.15) is 26.7 Å². The summed E-state index contributed by atoms with van der Waals surface area (Å²) in [6, 6.07) is 5.91. The second kappa shape index (κ2) is 6.07. The standard InChI is InChI=1S/C18H22N2O4S/c1-11-9-15-16(10-12(11)2)18(22)20(17(15)21)13-5-7-14(8-6-13)25(23,24)19(3)4/h5-8,15-16H,9-10H2,1-4H3. The molecular formula is C18H22N2O4S. The van der Waals surface area contributed by atoms with Crippen LogP contribution in [-0.4, -0.2) is 38.6 Å². The van der Waals surface area contributed by atoms with Crippen molar-refractivity contribution in [3.05, 3.63) is 35.4 Å². The van der Waals surface area contributed by atoms with Gasteiger partial charge in [0.15, 0.2) is 0 Å². The quantitative estimate of drug-likeness (QED) is 0.610. The van der Waals surface area contributed by atoms with Gasteiger partial charge in [0.1, 0.15) is 0 Å². The summed E-state index contributed by atoms with van der Waals surface area (Å²) >= 11 is 0. The summed E-state index contributed by atoms with van der Waals surface area (Å²) < 4.78 is 25.4. The number of hydrogen-bond donors (Lipinski definition) is 0. The highest BCUT2D eigenvalue weighted by molar-refractivity contribution is 7.89. The van der Waals surface area contributed by atoms with Gasteiger partial charge in [-0.2, -0.15) is 0 Å². The van der Waals surface area contributed by atoms with E-state index in [0.29, 0.717) is 18.5 Å². The number of hydrogen-bond acceptors (Lipinski definition) is 4. The predicted molar refractivity (Wildman–Crippen MR) is 94.4 cm³/mol. The molecule has 1 saturated heterocycles. The predicted octanol–water partition coefficient (Wildman–Crippen LogP) is 2.17. The van der Waals surface area contributed by atoms with Gasteiger partial charge in [-0.1, -0.05) is 11.1 Å². The number of amides is 2. The van der Waals surface area contributed by atoms with E-state index >= 15 is 0 Å². The van der Waals surface area contributed by atoms with Gasteiger partial charge in [-0.15, -0.1) is 0 Å². The van der Waals surface area contributed by atoms with Crippen molar-refractivity contribution in [2.75, 3.05) is 19.0 Å². The molecule has 6 nitrogen and oxygen atoms in total. The highest BCUT2D eigenvalue weighted by Crippen LogP contribution is 2.42. The average Bonchev–Trinajstić information content (AvgIpc) is 2.79. The van der Waals surface area contributed by atoms with E-state index in [1.807, 2.05) is 13.8 Å². The summed E-state index contributed by atoms with van der Waals surface area (Å²) in [5.74, 6) is -0.988. The smallest absolute Gasteiger partial charge is 0.242 e. The third-order valence-electron chi connectivity index (χ3n) is 5.22. The van der Waals surface area contributed by atoms with Crippen LogP contribution in [-0.2, 0) is 19.6 Å². The average molecular weight is 362 g/mol. The second-order valence-corrected chi connectivity index (χ2v) is 9.13. The van der Waals surface area contributed by atoms with Crippen LogP contribution in [0.4, 0.5) is 5.69 Å². The van der Waals surface area contributed by atoms with Crippen molar-refractivity contribution in [3.63, 3.8) is 0 Å². The van der Waals surface area contributed by atoms with Crippen LogP contribution in [0.25, 0.3) is 0 Å². The fraction of sp³-hybridized carbons (Fsp3) is 0.444. The van der Waals surface area contributed by atoms with Crippen molar-refractivity contribution in [2.24, 2.45) is 11.8 Å². The number of rotatable bonds is 3. The van der Waals surface area contributed by atoms with Gasteiger partial charge in [0.05, 0.1) is 22.4 Å². The fourth-order valence-corrected chi connectivity index (χ4v) is 4.39.